The van der Waals surface area contributed by atoms with Crippen molar-refractivity contribution < 1.29 is 5.11 Å². The Kier molecular flexibility index (Phi) is 4.72. The minimum Gasteiger partial charge on any atom is -0.508 e. The summed E-state index contributed by atoms with van der Waals surface area (Å²) in [5.74, 6) is 0.346. The highest BCUT2D eigenvalue weighted by atomic mass is 16.3. The summed E-state index contributed by atoms with van der Waals surface area (Å²) in [6, 6.07) is 16.7. The van der Waals surface area contributed by atoms with E-state index in [2.05, 4.69) is 66.9 Å². The van der Waals surface area contributed by atoms with Gasteiger partial charge in [0.1, 0.15) is 5.75 Å². The van der Waals surface area contributed by atoms with Crippen LogP contribution in [0.25, 0.3) is 10.8 Å². The molecular formula is C21H24N2O. The van der Waals surface area contributed by atoms with Gasteiger partial charge in [-0.3, -0.25) is 0 Å². The summed E-state index contributed by atoms with van der Waals surface area (Å²) in [4.78, 5) is 0. The van der Waals surface area contributed by atoms with Crippen LogP contribution in [0.2, 0.25) is 0 Å². The molecular weight excluding hydrogens is 296 g/mol. The van der Waals surface area contributed by atoms with E-state index in [0.29, 0.717) is 12.4 Å². The first-order valence-electron chi connectivity index (χ1n) is 8.28. The van der Waals surface area contributed by atoms with Gasteiger partial charge in [-0.1, -0.05) is 36.4 Å². The Labute approximate surface area is 143 Å². The molecule has 0 aliphatic carbocycles. The molecule has 0 aromatic heterocycles. The molecule has 3 heteroatoms. The lowest BCUT2D eigenvalue weighted by Crippen LogP contribution is -2.16. The molecule has 3 nitrogen and oxygen atoms in total. The molecule has 0 radical (unpaired) electrons. The minimum absolute atomic E-state index is 0.346. The Morgan fingerprint density at radius 1 is 0.917 bits per heavy atom. The van der Waals surface area contributed by atoms with Gasteiger partial charge in [-0.2, -0.15) is 0 Å². The van der Waals surface area contributed by atoms with Gasteiger partial charge in [0.15, 0.2) is 0 Å². The largest absolute Gasteiger partial charge is 0.508 e. The molecule has 0 spiro atoms. The van der Waals surface area contributed by atoms with E-state index in [0.717, 1.165) is 23.2 Å². The zero-order valence-electron chi connectivity index (χ0n) is 14.5. The summed E-state index contributed by atoms with van der Waals surface area (Å²) in [6.45, 7) is 4.86. The second-order valence-electron chi connectivity index (χ2n) is 6.26. The number of phenols is 1. The van der Waals surface area contributed by atoms with Crippen LogP contribution in [0, 0.1) is 13.8 Å². The quantitative estimate of drug-likeness (QED) is 0.613. The van der Waals surface area contributed by atoms with Crippen molar-refractivity contribution in [2.45, 2.75) is 20.3 Å². The Balaban J connectivity index is 1.99. The normalized spacial score (nSPS) is 11.0. The second-order valence-corrected chi connectivity index (χ2v) is 6.26. The summed E-state index contributed by atoms with van der Waals surface area (Å²) < 4.78 is 0. The van der Waals surface area contributed by atoms with Crippen molar-refractivity contribution in [3.63, 3.8) is 0 Å². The molecule has 124 valence electrons. The topological polar surface area (TPSA) is 44.3 Å². The number of phenolic OH excluding ortho intramolecular Hbond substituents is 1. The van der Waals surface area contributed by atoms with E-state index in [9.17, 15) is 5.11 Å². The molecule has 0 saturated carbocycles. The van der Waals surface area contributed by atoms with Gasteiger partial charge in [-0.25, -0.2) is 0 Å². The molecule has 3 N–H and O–H groups in total. The van der Waals surface area contributed by atoms with Crippen molar-refractivity contribution in [1.82, 2.24) is 5.32 Å². The number of aromatic hydroxyl groups is 1. The molecule has 0 saturated heterocycles. The van der Waals surface area contributed by atoms with E-state index in [1.165, 1.54) is 21.9 Å². The van der Waals surface area contributed by atoms with Crippen LogP contribution in [0.1, 0.15) is 22.3 Å². The van der Waals surface area contributed by atoms with E-state index in [4.69, 9.17) is 0 Å². The highest BCUT2D eigenvalue weighted by Gasteiger charge is 2.11. The molecule has 0 aliphatic heterocycles. The van der Waals surface area contributed by atoms with Crippen LogP contribution in [-0.4, -0.2) is 18.8 Å². The Hall–Kier alpha value is -2.52. The fourth-order valence-corrected chi connectivity index (χ4v) is 3.18. The van der Waals surface area contributed by atoms with Crippen LogP contribution in [0.3, 0.4) is 0 Å². The van der Waals surface area contributed by atoms with Crippen LogP contribution >= 0.6 is 0 Å². The van der Waals surface area contributed by atoms with Crippen molar-refractivity contribution in [2.75, 3.05) is 19.0 Å². The van der Waals surface area contributed by atoms with Gasteiger partial charge in [0.05, 0.1) is 6.67 Å². The summed E-state index contributed by atoms with van der Waals surface area (Å²) in [5, 5.41) is 19.3. The summed E-state index contributed by atoms with van der Waals surface area (Å²) in [6.07, 6.45) is 0.727. The maximum Gasteiger partial charge on any atom is 0.121 e. The van der Waals surface area contributed by atoms with E-state index in [1.54, 1.807) is 6.07 Å². The first-order chi connectivity index (χ1) is 11.6. The third-order valence-electron chi connectivity index (χ3n) is 4.52. The maximum atomic E-state index is 10.5. The number of aryl methyl sites for hydroxylation is 2. The number of rotatable bonds is 5. The van der Waals surface area contributed by atoms with Crippen molar-refractivity contribution in [1.29, 1.82) is 0 Å². The Bertz CT molecular complexity index is 848. The Morgan fingerprint density at radius 3 is 2.38 bits per heavy atom. The van der Waals surface area contributed by atoms with Gasteiger partial charge in [0.2, 0.25) is 0 Å². The lowest BCUT2D eigenvalue weighted by Gasteiger charge is -2.15. The molecule has 3 rings (SSSR count). The van der Waals surface area contributed by atoms with E-state index in [1.807, 2.05) is 7.05 Å². The number of fused-ring (bicyclic) bond motifs is 1. The van der Waals surface area contributed by atoms with Gasteiger partial charge < -0.3 is 15.7 Å². The zero-order chi connectivity index (χ0) is 17.1. The van der Waals surface area contributed by atoms with Crippen LogP contribution in [0.15, 0.2) is 48.5 Å². The van der Waals surface area contributed by atoms with Crippen LogP contribution < -0.4 is 10.6 Å². The second kappa shape index (κ2) is 6.93. The molecule has 0 unspecified atom stereocenters. The van der Waals surface area contributed by atoms with E-state index >= 15 is 0 Å². The van der Waals surface area contributed by atoms with Crippen molar-refractivity contribution in [3.8, 4) is 5.75 Å². The van der Waals surface area contributed by atoms with Crippen molar-refractivity contribution in [2.24, 2.45) is 0 Å². The summed E-state index contributed by atoms with van der Waals surface area (Å²) >= 11 is 0. The third kappa shape index (κ3) is 3.22. The molecule has 3 aromatic rings. The number of benzene rings is 3. The number of hydrogen-bond donors (Lipinski definition) is 3. The molecule has 3 aromatic carbocycles. The van der Waals surface area contributed by atoms with E-state index in [-0.39, 0.29) is 0 Å². The van der Waals surface area contributed by atoms with Crippen molar-refractivity contribution >= 4 is 16.5 Å². The fourth-order valence-electron chi connectivity index (χ4n) is 3.18. The lowest BCUT2D eigenvalue weighted by atomic mass is 9.93. The monoisotopic (exact) mass is 320 g/mol. The van der Waals surface area contributed by atoms with Gasteiger partial charge in [0, 0.05) is 23.7 Å². The van der Waals surface area contributed by atoms with Crippen LogP contribution in [0.4, 0.5) is 5.69 Å². The van der Waals surface area contributed by atoms with Gasteiger partial charge >= 0.3 is 0 Å². The first-order valence-corrected chi connectivity index (χ1v) is 8.28. The number of nitrogens with one attached hydrogen (secondary N) is 2. The maximum absolute atomic E-state index is 10.5. The predicted molar refractivity (Wildman–Crippen MR) is 102 cm³/mol. The molecule has 0 heterocycles. The first kappa shape index (κ1) is 16.3. The number of anilines is 1. The average Bonchev–Trinajstić information content (AvgIpc) is 2.58. The molecule has 0 bridgehead atoms. The van der Waals surface area contributed by atoms with Crippen LogP contribution in [0.5, 0.6) is 5.75 Å². The fraction of sp³-hybridized carbons (Fsp3) is 0.238. The molecule has 0 aliphatic rings. The van der Waals surface area contributed by atoms with Gasteiger partial charge in [-0.05, 0) is 54.4 Å². The molecule has 0 atom stereocenters. The minimum atomic E-state index is 0.346. The SMILES string of the molecule is CNCNc1cc(C)c(Cc2ccc(C)c3ccccc23)c(O)c1. The standard InChI is InChI=1S/C21H24N2O/c1-14-8-9-16(19-7-5-4-6-18(14)19)11-20-15(2)10-17(12-21(20)24)23-13-22-3/h4-10,12,22-24H,11,13H2,1-3H3. The smallest absolute Gasteiger partial charge is 0.121 e. The zero-order valence-corrected chi connectivity index (χ0v) is 14.5. The van der Waals surface area contributed by atoms with Gasteiger partial charge in [0.25, 0.3) is 0 Å². The summed E-state index contributed by atoms with van der Waals surface area (Å²) in [7, 11) is 1.89. The number of hydrogen-bond acceptors (Lipinski definition) is 3. The Morgan fingerprint density at radius 2 is 1.67 bits per heavy atom. The van der Waals surface area contributed by atoms with Crippen molar-refractivity contribution in [3.05, 3.63) is 70.8 Å². The predicted octanol–water partition coefficient (Wildman–Crippen LogP) is 4.34. The van der Waals surface area contributed by atoms with Gasteiger partial charge in [-0.15, -0.1) is 0 Å². The average molecular weight is 320 g/mol. The summed E-state index contributed by atoms with van der Waals surface area (Å²) in [5.41, 5.74) is 5.53. The molecule has 24 heavy (non-hydrogen) atoms. The molecule has 0 amide bonds. The van der Waals surface area contributed by atoms with Crippen LogP contribution in [-0.2, 0) is 6.42 Å². The highest BCUT2D eigenvalue weighted by molar-refractivity contribution is 5.88. The van der Waals surface area contributed by atoms with E-state index < -0.39 is 0 Å². The third-order valence-corrected chi connectivity index (χ3v) is 4.52. The lowest BCUT2D eigenvalue weighted by molar-refractivity contribution is 0.469. The highest BCUT2D eigenvalue weighted by Crippen LogP contribution is 2.31. The molecule has 0 fully saturated rings.